The number of carbonyl (C=O) groups is 2. The molecule has 158 valence electrons. The first-order valence-electron chi connectivity index (χ1n) is 10.1. The molecule has 1 saturated carbocycles. The topological polar surface area (TPSA) is 85.6 Å². The quantitative estimate of drug-likeness (QED) is 0.814. The standard InChI is InChI=1S/C23H20F2N4O2/c24-17-10-18(25)12-19(11-17)27-20(30)14-29-22(31)21(16-6-4-15(13-26)5-7-16)28-23(29)8-2-1-3-9-23/h4-7,10-12H,1-3,8-9,14H2,(H,27,30). The Morgan fingerprint density at radius 2 is 1.74 bits per heavy atom. The minimum atomic E-state index is -0.803. The molecule has 2 aromatic rings. The van der Waals surface area contributed by atoms with Crippen molar-refractivity contribution in [2.45, 2.75) is 37.8 Å². The smallest absolute Gasteiger partial charge is 0.275 e. The molecule has 1 heterocycles. The molecule has 1 spiro atoms. The van der Waals surface area contributed by atoms with Crippen molar-refractivity contribution >= 4 is 23.2 Å². The molecule has 1 aliphatic carbocycles. The lowest BCUT2D eigenvalue weighted by Crippen LogP contribution is -2.51. The summed E-state index contributed by atoms with van der Waals surface area (Å²) < 4.78 is 26.9. The number of anilines is 1. The van der Waals surface area contributed by atoms with E-state index in [4.69, 9.17) is 10.3 Å². The van der Waals surface area contributed by atoms with Crippen LogP contribution >= 0.6 is 0 Å². The summed E-state index contributed by atoms with van der Waals surface area (Å²) in [5, 5.41) is 11.5. The Bertz CT molecular complexity index is 1080. The highest BCUT2D eigenvalue weighted by molar-refractivity contribution is 6.47. The third-order valence-corrected chi connectivity index (χ3v) is 5.66. The van der Waals surface area contributed by atoms with Gasteiger partial charge in [0, 0.05) is 17.3 Å². The van der Waals surface area contributed by atoms with Gasteiger partial charge in [0.05, 0.1) is 11.6 Å². The van der Waals surface area contributed by atoms with Gasteiger partial charge in [-0.1, -0.05) is 18.6 Å². The van der Waals surface area contributed by atoms with Gasteiger partial charge in [-0.15, -0.1) is 0 Å². The zero-order valence-corrected chi connectivity index (χ0v) is 16.7. The minimum absolute atomic E-state index is 0.0138. The number of rotatable bonds is 4. The van der Waals surface area contributed by atoms with E-state index in [0.29, 0.717) is 30.0 Å². The number of nitriles is 1. The summed E-state index contributed by atoms with van der Waals surface area (Å²) in [5.74, 6) is -2.53. The summed E-state index contributed by atoms with van der Waals surface area (Å²) in [6.07, 6.45) is 4.07. The average Bonchev–Trinajstić information content (AvgIpc) is 2.99. The largest absolute Gasteiger partial charge is 0.324 e. The number of nitrogens with one attached hydrogen (secondary N) is 1. The van der Waals surface area contributed by atoms with E-state index in [0.717, 1.165) is 31.4 Å². The van der Waals surface area contributed by atoms with E-state index in [1.54, 1.807) is 24.3 Å². The van der Waals surface area contributed by atoms with E-state index in [1.165, 1.54) is 4.90 Å². The normalized spacial score (nSPS) is 17.4. The molecule has 1 N–H and O–H groups in total. The molecule has 31 heavy (non-hydrogen) atoms. The van der Waals surface area contributed by atoms with Crippen LogP contribution in [0.2, 0.25) is 0 Å². The third-order valence-electron chi connectivity index (χ3n) is 5.66. The third kappa shape index (κ3) is 4.17. The number of amides is 2. The zero-order chi connectivity index (χ0) is 22.0. The van der Waals surface area contributed by atoms with Crippen LogP contribution in [0.1, 0.15) is 43.2 Å². The number of aliphatic imine (C=N–C) groups is 1. The second kappa shape index (κ2) is 8.26. The Hall–Kier alpha value is -3.60. The van der Waals surface area contributed by atoms with E-state index < -0.39 is 23.2 Å². The molecule has 1 aliphatic heterocycles. The highest BCUT2D eigenvalue weighted by atomic mass is 19.1. The van der Waals surface area contributed by atoms with Gasteiger partial charge in [-0.25, -0.2) is 8.78 Å². The fourth-order valence-corrected chi connectivity index (χ4v) is 4.21. The van der Waals surface area contributed by atoms with Crippen LogP contribution in [0.5, 0.6) is 0 Å². The molecule has 2 amide bonds. The molecule has 8 heteroatoms. The molecule has 2 aliphatic rings. The van der Waals surface area contributed by atoms with E-state index in [-0.39, 0.29) is 23.9 Å². The first-order valence-corrected chi connectivity index (χ1v) is 10.1. The van der Waals surface area contributed by atoms with Crippen LogP contribution in [0, 0.1) is 23.0 Å². The van der Waals surface area contributed by atoms with Crippen molar-refractivity contribution in [2.24, 2.45) is 4.99 Å². The Labute approximate surface area is 178 Å². The highest BCUT2D eigenvalue weighted by Gasteiger charge is 2.48. The average molecular weight is 422 g/mol. The van der Waals surface area contributed by atoms with Crippen LogP contribution in [0.3, 0.4) is 0 Å². The maximum absolute atomic E-state index is 13.4. The fourth-order valence-electron chi connectivity index (χ4n) is 4.21. The molecule has 0 saturated heterocycles. The van der Waals surface area contributed by atoms with Gasteiger partial charge in [0.25, 0.3) is 5.91 Å². The summed E-state index contributed by atoms with van der Waals surface area (Å²) >= 11 is 0. The maximum Gasteiger partial charge on any atom is 0.275 e. The lowest BCUT2D eigenvalue weighted by Gasteiger charge is -2.38. The van der Waals surface area contributed by atoms with Gasteiger partial charge < -0.3 is 10.2 Å². The summed E-state index contributed by atoms with van der Waals surface area (Å²) in [7, 11) is 0. The van der Waals surface area contributed by atoms with Crippen molar-refractivity contribution in [2.75, 3.05) is 11.9 Å². The second-order valence-corrected chi connectivity index (χ2v) is 7.79. The molecule has 0 radical (unpaired) electrons. The number of hydrogen-bond donors (Lipinski definition) is 1. The van der Waals surface area contributed by atoms with Gasteiger partial charge in [0.15, 0.2) is 0 Å². The lowest BCUT2D eigenvalue weighted by atomic mass is 9.88. The van der Waals surface area contributed by atoms with Crippen molar-refractivity contribution < 1.29 is 18.4 Å². The van der Waals surface area contributed by atoms with E-state index in [2.05, 4.69) is 5.32 Å². The highest BCUT2D eigenvalue weighted by Crippen LogP contribution is 2.39. The van der Waals surface area contributed by atoms with E-state index >= 15 is 0 Å². The van der Waals surface area contributed by atoms with Gasteiger partial charge in [-0.2, -0.15) is 5.26 Å². The van der Waals surface area contributed by atoms with Crippen LogP contribution in [0.15, 0.2) is 47.5 Å². The van der Waals surface area contributed by atoms with Gasteiger partial charge >= 0.3 is 0 Å². The summed E-state index contributed by atoms with van der Waals surface area (Å²) in [6, 6.07) is 11.4. The van der Waals surface area contributed by atoms with Crippen molar-refractivity contribution in [3.63, 3.8) is 0 Å². The molecule has 1 fully saturated rings. The fraction of sp³-hybridized carbons (Fsp3) is 0.304. The predicted molar refractivity (Wildman–Crippen MR) is 110 cm³/mol. The first kappa shape index (κ1) is 20.7. The Morgan fingerprint density at radius 3 is 2.35 bits per heavy atom. The molecule has 2 aromatic carbocycles. The van der Waals surface area contributed by atoms with Crippen molar-refractivity contribution in [3.8, 4) is 6.07 Å². The Kier molecular flexibility index (Phi) is 5.51. The van der Waals surface area contributed by atoms with Crippen molar-refractivity contribution in [3.05, 3.63) is 65.2 Å². The van der Waals surface area contributed by atoms with Crippen molar-refractivity contribution in [1.29, 1.82) is 5.26 Å². The van der Waals surface area contributed by atoms with Crippen LogP contribution in [0.25, 0.3) is 0 Å². The summed E-state index contributed by atoms with van der Waals surface area (Å²) in [4.78, 5) is 32.1. The number of nitrogens with zero attached hydrogens (tertiary/aromatic N) is 3. The van der Waals surface area contributed by atoms with Crippen LogP contribution in [-0.4, -0.2) is 34.6 Å². The molecular weight excluding hydrogens is 402 g/mol. The second-order valence-electron chi connectivity index (χ2n) is 7.79. The SMILES string of the molecule is N#Cc1ccc(C2=NC3(CCCCC3)N(CC(=O)Nc3cc(F)cc(F)c3)C2=O)cc1. The van der Waals surface area contributed by atoms with Gasteiger partial charge in [-0.3, -0.25) is 14.6 Å². The van der Waals surface area contributed by atoms with E-state index in [1.807, 2.05) is 6.07 Å². The van der Waals surface area contributed by atoms with Crippen LogP contribution < -0.4 is 5.32 Å². The monoisotopic (exact) mass is 422 g/mol. The molecule has 6 nitrogen and oxygen atoms in total. The predicted octanol–water partition coefficient (Wildman–Crippen LogP) is 3.77. The summed E-state index contributed by atoms with van der Waals surface area (Å²) in [5.41, 5.74) is 0.504. The number of carbonyl (C=O) groups excluding carboxylic acids is 2. The van der Waals surface area contributed by atoms with Gasteiger partial charge in [0.2, 0.25) is 5.91 Å². The van der Waals surface area contributed by atoms with Crippen LogP contribution in [-0.2, 0) is 9.59 Å². The lowest BCUT2D eigenvalue weighted by molar-refractivity contribution is -0.134. The van der Waals surface area contributed by atoms with Crippen molar-refractivity contribution in [1.82, 2.24) is 4.90 Å². The number of halogens is 2. The van der Waals surface area contributed by atoms with Gasteiger partial charge in [0.1, 0.15) is 29.6 Å². The molecule has 0 aromatic heterocycles. The maximum atomic E-state index is 13.4. The molecule has 0 bridgehead atoms. The Morgan fingerprint density at radius 1 is 1.10 bits per heavy atom. The summed E-state index contributed by atoms with van der Waals surface area (Å²) in [6.45, 7) is -0.278. The Balaban J connectivity index is 1.59. The molecule has 0 atom stereocenters. The minimum Gasteiger partial charge on any atom is -0.324 e. The van der Waals surface area contributed by atoms with Gasteiger partial charge in [-0.05, 0) is 49.9 Å². The first-order chi connectivity index (χ1) is 14.9. The number of hydrogen-bond acceptors (Lipinski definition) is 4. The molecule has 4 rings (SSSR count). The number of benzene rings is 2. The zero-order valence-electron chi connectivity index (χ0n) is 16.7. The molecule has 0 unspecified atom stereocenters. The molecular formula is C23H20F2N4O2. The van der Waals surface area contributed by atoms with Crippen LogP contribution in [0.4, 0.5) is 14.5 Å². The van der Waals surface area contributed by atoms with E-state index in [9.17, 15) is 18.4 Å².